The topological polar surface area (TPSA) is 93.9 Å². The van der Waals surface area contributed by atoms with Crippen LogP contribution in [0.15, 0.2) is 18.2 Å². The molecule has 1 aromatic rings. The SMILES string of the molecule is CCC(N)c1ccc2c(c1)N(CC(=O)NCCOC)C(=O)CO2. The summed E-state index contributed by atoms with van der Waals surface area (Å²) in [6.07, 6.45) is 0.783. The number of nitrogens with zero attached hydrogens (tertiary/aromatic N) is 1. The van der Waals surface area contributed by atoms with Gasteiger partial charge in [-0.2, -0.15) is 0 Å². The highest BCUT2D eigenvalue weighted by Gasteiger charge is 2.27. The smallest absolute Gasteiger partial charge is 0.265 e. The Labute approximate surface area is 135 Å². The van der Waals surface area contributed by atoms with Gasteiger partial charge in [0.05, 0.1) is 12.3 Å². The van der Waals surface area contributed by atoms with Gasteiger partial charge in [-0.15, -0.1) is 0 Å². The quantitative estimate of drug-likeness (QED) is 0.717. The fourth-order valence-corrected chi connectivity index (χ4v) is 2.35. The lowest BCUT2D eigenvalue weighted by Crippen LogP contribution is -2.45. The summed E-state index contributed by atoms with van der Waals surface area (Å²) in [5, 5.41) is 2.71. The molecule has 1 unspecified atom stereocenters. The summed E-state index contributed by atoms with van der Waals surface area (Å²) in [7, 11) is 1.56. The van der Waals surface area contributed by atoms with Crippen LogP contribution in [0.1, 0.15) is 24.9 Å². The Bertz CT molecular complexity index is 576. The van der Waals surface area contributed by atoms with Crippen LogP contribution in [0.4, 0.5) is 5.69 Å². The molecule has 0 aliphatic carbocycles. The molecule has 1 aliphatic rings. The van der Waals surface area contributed by atoms with Crippen molar-refractivity contribution < 1.29 is 19.1 Å². The van der Waals surface area contributed by atoms with Crippen molar-refractivity contribution in [3.8, 4) is 5.75 Å². The van der Waals surface area contributed by atoms with Gasteiger partial charge in [0.1, 0.15) is 12.3 Å². The first-order valence-electron chi connectivity index (χ1n) is 7.65. The maximum atomic E-state index is 12.1. The number of hydrogen-bond donors (Lipinski definition) is 2. The molecule has 1 aromatic carbocycles. The first-order valence-corrected chi connectivity index (χ1v) is 7.65. The highest BCUT2D eigenvalue weighted by atomic mass is 16.5. The largest absolute Gasteiger partial charge is 0.482 e. The number of nitrogens with one attached hydrogen (secondary N) is 1. The van der Waals surface area contributed by atoms with Crippen molar-refractivity contribution in [1.29, 1.82) is 0 Å². The van der Waals surface area contributed by atoms with Gasteiger partial charge < -0.3 is 20.5 Å². The molecule has 2 amide bonds. The fourth-order valence-electron chi connectivity index (χ4n) is 2.35. The molecule has 0 saturated heterocycles. The van der Waals surface area contributed by atoms with Gasteiger partial charge in [-0.25, -0.2) is 0 Å². The molecule has 0 aromatic heterocycles. The van der Waals surface area contributed by atoms with E-state index in [0.29, 0.717) is 24.6 Å². The van der Waals surface area contributed by atoms with E-state index in [-0.39, 0.29) is 31.0 Å². The second kappa shape index (κ2) is 7.94. The number of amides is 2. The summed E-state index contributed by atoms with van der Waals surface area (Å²) in [4.78, 5) is 25.6. The predicted octanol–water partition coefficient (Wildman–Crippen LogP) is 0.584. The van der Waals surface area contributed by atoms with Crippen LogP contribution in [-0.2, 0) is 14.3 Å². The standard InChI is InChI=1S/C16H23N3O4/c1-3-12(17)11-4-5-14-13(8-11)19(16(21)10-23-14)9-15(20)18-6-7-22-2/h4-5,8,12H,3,6-7,9-10,17H2,1-2H3,(H,18,20). The van der Waals surface area contributed by atoms with Crippen molar-refractivity contribution in [3.63, 3.8) is 0 Å². The third-order valence-corrected chi connectivity index (χ3v) is 3.72. The Hall–Kier alpha value is -2.12. The molecule has 7 heteroatoms. The molecule has 2 rings (SSSR count). The van der Waals surface area contributed by atoms with Gasteiger partial charge in [0.2, 0.25) is 5.91 Å². The molecule has 0 fully saturated rings. The van der Waals surface area contributed by atoms with Gasteiger partial charge in [0.15, 0.2) is 6.61 Å². The summed E-state index contributed by atoms with van der Waals surface area (Å²) >= 11 is 0. The molecule has 0 saturated carbocycles. The highest BCUT2D eigenvalue weighted by Crippen LogP contribution is 2.34. The average Bonchev–Trinajstić information content (AvgIpc) is 2.56. The van der Waals surface area contributed by atoms with Gasteiger partial charge in [0, 0.05) is 19.7 Å². The number of anilines is 1. The molecule has 0 spiro atoms. The normalized spacial score (nSPS) is 14.9. The van der Waals surface area contributed by atoms with Crippen LogP contribution in [0.3, 0.4) is 0 Å². The molecule has 126 valence electrons. The van der Waals surface area contributed by atoms with Crippen molar-refractivity contribution in [2.45, 2.75) is 19.4 Å². The van der Waals surface area contributed by atoms with Gasteiger partial charge in [-0.05, 0) is 24.1 Å². The number of hydrogen-bond acceptors (Lipinski definition) is 5. The summed E-state index contributed by atoms with van der Waals surface area (Å²) in [6.45, 7) is 2.70. The first-order chi connectivity index (χ1) is 11.1. The van der Waals surface area contributed by atoms with Crippen LogP contribution in [0.5, 0.6) is 5.75 Å². The van der Waals surface area contributed by atoms with Crippen molar-refractivity contribution >= 4 is 17.5 Å². The third kappa shape index (κ3) is 4.20. The van der Waals surface area contributed by atoms with Gasteiger partial charge in [-0.1, -0.05) is 13.0 Å². The Kier molecular flexibility index (Phi) is 5.95. The number of ether oxygens (including phenoxy) is 2. The lowest BCUT2D eigenvalue weighted by atomic mass is 10.0. The minimum atomic E-state index is -0.249. The molecule has 0 radical (unpaired) electrons. The maximum absolute atomic E-state index is 12.1. The van der Waals surface area contributed by atoms with E-state index >= 15 is 0 Å². The van der Waals surface area contributed by atoms with E-state index in [4.69, 9.17) is 15.2 Å². The molecule has 23 heavy (non-hydrogen) atoms. The van der Waals surface area contributed by atoms with Crippen molar-refractivity contribution in [1.82, 2.24) is 5.32 Å². The first kappa shape index (κ1) is 17.2. The zero-order valence-corrected chi connectivity index (χ0v) is 13.5. The lowest BCUT2D eigenvalue weighted by molar-refractivity contribution is -0.125. The van der Waals surface area contributed by atoms with E-state index < -0.39 is 0 Å². The lowest BCUT2D eigenvalue weighted by Gasteiger charge is -2.29. The van der Waals surface area contributed by atoms with Crippen molar-refractivity contribution in [3.05, 3.63) is 23.8 Å². The maximum Gasteiger partial charge on any atom is 0.265 e. The van der Waals surface area contributed by atoms with E-state index in [9.17, 15) is 9.59 Å². The van der Waals surface area contributed by atoms with Crippen LogP contribution in [0.2, 0.25) is 0 Å². The van der Waals surface area contributed by atoms with Crippen molar-refractivity contribution in [2.75, 3.05) is 38.3 Å². The van der Waals surface area contributed by atoms with Crippen LogP contribution in [0, 0.1) is 0 Å². The predicted molar refractivity (Wildman–Crippen MR) is 86.4 cm³/mol. The summed E-state index contributed by atoms with van der Waals surface area (Å²) in [5.74, 6) is 0.0939. The van der Waals surface area contributed by atoms with E-state index in [1.807, 2.05) is 19.1 Å². The number of benzene rings is 1. The molecule has 0 bridgehead atoms. The van der Waals surface area contributed by atoms with Gasteiger partial charge >= 0.3 is 0 Å². The summed E-state index contributed by atoms with van der Waals surface area (Å²) < 4.78 is 10.3. The molecule has 7 nitrogen and oxygen atoms in total. The Morgan fingerprint density at radius 2 is 2.30 bits per heavy atom. The number of nitrogens with two attached hydrogens (primary N) is 1. The van der Waals surface area contributed by atoms with E-state index in [0.717, 1.165) is 12.0 Å². The van der Waals surface area contributed by atoms with E-state index in [1.54, 1.807) is 13.2 Å². The van der Waals surface area contributed by atoms with Crippen LogP contribution < -0.4 is 20.7 Å². The minimum Gasteiger partial charge on any atom is -0.482 e. The van der Waals surface area contributed by atoms with E-state index in [2.05, 4.69) is 5.32 Å². The van der Waals surface area contributed by atoms with Gasteiger partial charge in [0.25, 0.3) is 5.91 Å². The van der Waals surface area contributed by atoms with Crippen LogP contribution in [-0.4, -0.2) is 45.2 Å². The fraction of sp³-hybridized carbons (Fsp3) is 0.500. The number of rotatable bonds is 7. The number of carbonyl (C=O) groups excluding carboxylic acids is 2. The second-order valence-corrected chi connectivity index (χ2v) is 5.35. The molecule has 1 atom stereocenters. The zero-order chi connectivity index (χ0) is 16.8. The molecule has 1 heterocycles. The Morgan fingerprint density at radius 3 is 3.00 bits per heavy atom. The number of methoxy groups -OCH3 is 1. The summed E-state index contributed by atoms with van der Waals surface area (Å²) in [5.41, 5.74) is 7.55. The Balaban J connectivity index is 2.17. The van der Waals surface area contributed by atoms with E-state index in [1.165, 1.54) is 4.90 Å². The molecule has 1 aliphatic heterocycles. The third-order valence-electron chi connectivity index (χ3n) is 3.72. The Morgan fingerprint density at radius 1 is 1.52 bits per heavy atom. The summed E-state index contributed by atoms with van der Waals surface area (Å²) in [6, 6.07) is 5.39. The second-order valence-electron chi connectivity index (χ2n) is 5.35. The van der Waals surface area contributed by atoms with Crippen LogP contribution in [0.25, 0.3) is 0 Å². The molecular weight excluding hydrogens is 298 g/mol. The van der Waals surface area contributed by atoms with Crippen LogP contribution >= 0.6 is 0 Å². The monoisotopic (exact) mass is 321 g/mol. The zero-order valence-electron chi connectivity index (χ0n) is 13.5. The van der Waals surface area contributed by atoms with Gasteiger partial charge in [-0.3, -0.25) is 14.5 Å². The average molecular weight is 321 g/mol. The molecular formula is C16H23N3O4. The highest BCUT2D eigenvalue weighted by molar-refractivity contribution is 6.02. The number of fused-ring (bicyclic) bond motifs is 1. The number of carbonyl (C=O) groups is 2. The molecule has 3 N–H and O–H groups in total. The van der Waals surface area contributed by atoms with Crippen molar-refractivity contribution in [2.24, 2.45) is 5.73 Å². The minimum absolute atomic E-state index is 0.0519.